The standard InChI is InChI=1S/C17H18N2S/c1-3-7-14-13(6-1)11-18-17(19-14)16-10-9-12-5-2-4-8-15(12)20-16/h1-8,16-19H,9-11H2. The van der Waals surface area contributed by atoms with Gasteiger partial charge in [-0.3, -0.25) is 5.32 Å². The number of benzene rings is 2. The highest BCUT2D eigenvalue weighted by Crippen LogP contribution is 2.37. The van der Waals surface area contributed by atoms with Gasteiger partial charge in [-0.2, -0.15) is 0 Å². The molecule has 2 heterocycles. The average Bonchev–Trinajstić information content (AvgIpc) is 2.54. The normalized spacial score (nSPS) is 24.4. The zero-order valence-electron chi connectivity index (χ0n) is 11.3. The summed E-state index contributed by atoms with van der Waals surface area (Å²) >= 11 is 2.01. The van der Waals surface area contributed by atoms with Crippen molar-refractivity contribution in [3.63, 3.8) is 0 Å². The van der Waals surface area contributed by atoms with Crippen LogP contribution in [0.25, 0.3) is 0 Å². The quantitative estimate of drug-likeness (QED) is 0.835. The van der Waals surface area contributed by atoms with E-state index in [1.54, 1.807) is 0 Å². The zero-order valence-corrected chi connectivity index (χ0v) is 12.1. The van der Waals surface area contributed by atoms with Gasteiger partial charge in [-0.05, 0) is 36.1 Å². The second-order valence-corrected chi connectivity index (χ2v) is 6.74. The molecule has 2 aliphatic heterocycles. The number of nitrogens with one attached hydrogen (secondary N) is 2. The summed E-state index contributed by atoms with van der Waals surface area (Å²) < 4.78 is 0. The van der Waals surface area contributed by atoms with E-state index in [0.29, 0.717) is 11.4 Å². The van der Waals surface area contributed by atoms with Crippen molar-refractivity contribution in [3.8, 4) is 0 Å². The van der Waals surface area contributed by atoms with Crippen molar-refractivity contribution in [2.24, 2.45) is 0 Å². The van der Waals surface area contributed by atoms with Crippen molar-refractivity contribution in [1.29, 1.82) is 0 Å². The molecule has 20 heavy (non-hydrogen) atoms. The summed E-state index contributed by atoms with van der Waals surface area (Å²) in [6, 6.07) is 17.4. The largest absolute Gasteiger partial charge is 0.369 e. The Morgan fingerprint density at radius 3 is 2.70 bits per heavy atom. The fraction of sp³-hybridized carbons (Fsp3) is 0.294. The average molecular weight is 282 g/mol. The highest BCUT2D eigenvalue weighted by molar-refractivity contribution is 8.00. The maximum absolute atomic E-state index is 3.67. The van der Waals surface area contributed by atoms with Crippen LogP contribution in [0.2, 0.25) is 0 Å². The van der Waals surface area contributed by atoms with Crippen LogP contribution in [0.3, 0.4) is 0 Å². The lowest BCUT2D eigenvalue weighted by atomic mass is 10.0. The number of aryl methyl sites for hydroxylation is 1. The Kier molecular flexibility index (Phi) is 3.17. The molecule has 2 aromatic carbocycles. The summed E-state index contributed by atoms with van der Waals surface area (Å²) in [6.45, 7) is 0.965. The summed E-state index contributed by atoms with van der Waals surface area (Å²) in [5, 5.41) is 7.91. The van der Waals surface area contributed by atoms with Crippen LogP contribution in [0.15, 0.2) is 53.4 Å². The first kappa shape index (κ1) is 12.3. The third-order valence-corrected chi connectivity index (χ3v) is 5.62. The Bertz CT molecular complexity index is 570. The minimum atomic E-state index is 0.364. The molecule has 0 saturated carbocycles. The minimum Gasteiger partial charge on any atom is -0.369 e. The molecule has 2 nitrogen and oxygen atoms in total. The van der Waals surface area contributed by atoms with E-state index in [-0.39, 0.29) is 0 Å². The molecule has 4 rings (SSSR count). The van der Waals surface area contributed by atoms with E-state index in [9.17, 15) is 0 Å². The van der Waals surface area contributed by atoms with Gasteiger partial charge in [0, 0.05) is 22.4 Å². The first-order chi connectivity index (χ1) is 9.90. The van der Waals surface area contributed by atoms with Gasteiger partial charge in [0.2, 0.25) is 0 Å². The zero-order chi connectivity index (χ0) is 13.4. The predicted octanol–water partition coefficient (Wildman–Crippen LogP) is 3.63. The molecule has 0 aromatic heterocycles. The number of hydrogen-bond acceptors (Lipinski definition) is 3. The molecule has 0 saturated heterocycles. The molecule has 0 fully saturated rings. The molecule has 2 unspecified atom stereocenters. The Hall–Kier alpha value is -1.45. The van der Waals surface area contributed by atoms with Gasteiger partial charge in [-0.15, -0.1) is 11.8 Å². The summed E-state index contributed by atoms with van der Waals surface area (Å²) in [5.41, 5.74) is 4.16. The fourth-order valence-corrected chi connectivity index (χ4v) is 4.40. The van der Waals surface area contributed by atoms with Crippen molar-refractivity contribution >= 4 is 17.4 Å². The molecule has 0 amide bonds. The highest BCUT2D eigenvalue weighted by atomic mass is 32.2. The van der Waals surface area contributed by atoms with E-state index in [2.05, 4.69) is 59.2 Å². The van der Waals surface area contributed by atoms with Crippen molar-refractivity contribution in [3.05, 3.63) is 59.7 Å². The van der Waals surface area contributed by atoms with Crippen molar-refractivity contribution in [2.45, 2.75) is 35.7 Å². The van der Waals surface area contributed by atoms with E-state index in [1.807, 2.05) is 11.8 Å². The smallest absolute Gasteiger partial charge is 0.0895 e. The van der Waals surface area contributed by atoms with E-state index in [0.717, 1.165) is 6.54 Å². The van der Waals surface area contributed by atoms with Gasteiger partial charge >= 0.3 is 0 Å². The van der Waals surface area contributed by atoms with Gasteiger partial charge in [0.1, 0.15) is 0 Å². The molecular formula is C17H18N2S. The monoisotopic (exact) mass is 282 g/mol. The third-order valence-electron chi connectivity index (χ3n) is 4.16. The van der Waals surface area contributed by atoms with Gasteiger partial charge in [0.05, 0.1) is 6.17 Å². The lowest BCUT2D eigenvalue weighted by molar-refractivity contribution is 0.501. The van der Waals surface area contributed by atoms with Crippen LogP contribution in [-0.2, 0) is 13.0 Å². The Balaban J connectivity index is 1.53. The van der Waals surface area contributed by atoms with Crippen molar-refractivity contribution in [2.75, 3.05) is 5.32 Å². The lowest BCUT2D eigenvalue weighted by Crippen LogP contribution is -2.47. The molecular weight excluding hydrogens is 264 g/mol. The number of anilines is 1. The number of para-hydroxylation sites is 1. The first-order valence-corrected chi connectivity index (χ1v) is 8.10. The molecule has 2 aromatic rings. The second kappa shape index (κ2) is 5.15. The Labute approximate surface area is 124 Å². The fourth-order valence-electron chi connectivity index (χ4n) is 3.06. The highest BCUT2D eigenvalue weighted by Gasteiger charge is 2.29. The third kappa shape index (κ3) is 2.21. The molecule has 2 aliphatic rings. The molecule has 102 valence electrons. The Morgan fingerprint density at radius 2 is 1.75 bits per heavy atom. The first-order valence-electron chi connectivity index (χ1n) is 7.22. The number of hydrogen-bond donors (Lipinski definition) is 2. The van der Waals surface area contributed by atoms with Crippen LogP contribution in [0.5, 0.6) is 0 Å². The lowest BCUT2D eigenvalue weighted by Gasteiger charge is -2.36. The van der Waals surface area contributed by atoms with Gasteiger partial charge in [-0.1, -0.05) is 36.4 Å². The molecule has 0 spiro atoms. The van der Waals surface area contributed by atoms with Gasteiger partial charge in [0.25, 0.3) is 0 Å². The molecule has 2 atom stereocenters. The summed E-state index contributed by atoms with van der Waals surface area (Å²) in [5.74, 6) is 0. The Morgan fingerprint density at radius 1 is 0.950 bits per heavy atom. The second-order valence-electron chi connectivity index (χ2n) is 5.46. The predicted molar refractivity (Wildman–Crippen MR) is 85.1 cm³/mol. The molecule has 2 N–H and O–H groups in total. The molecule has 0 bridgehead atoms. The van der Waals surface area contributed by atoms with Crippen LogP contribution in [0.1, 0.15) is 17.5 Å². The van der Waals surface area contributed by atoms with E-state index in [1.165, 1.54) is 34.6 Å². The van der Waals surface area contributed by atoms with Gasteiger partial charge in [0.15, 0.2) is 0 Å². The van der Waals surface area contributed by atoms with Crippen LogP contribution >= 0.6 is 11.8 Å². The molecule has 3 heteroatoms. The summed E-state index contributed by atoms with van der Waals surface area (Å²) in [4.78, 5) is 1.45. The number of fused-ring (bicyclic) bond motifs is 2. The van der Waals surface area contributed by atoms with Crippen LogP contribution < -0.4 is 10.6 Å². The maximum Gasteiger partial charge on any atom is 0.0895 e. The van der Waals surface area contributed by atoms with E-state index >= 15 is 0 Å². The molecule has 0 aliphatic carbocycles. The van der Waals surface area contributed by atoms with Crippen LogP contribution in [-0.4, -0.2) is 11.4 Å². The molecule has 0 radical (unpaired) electrons. The summed E-state index contributed by atoms with van der Waals surface area (Å²) in [6.07, 6.45) is 2.78. The number of rotatable bonds is 1. The minimum absolute atomic E-state index is 0.364. The van der Waals surface area contributed by atoms with Crippen LogP contribution in [0.4, 0.5) is 5.69 Å². The van der Waals surface area contributed by atoms with Crippen LogP contribution in [0, 0.1) is 0 Å². The van der Waals surface area contributed by atoms with Gasteiger partial charge < -0.3 is 5.32 Å². The topological polar surface area (TPSA) is 24.1 Å². The SMILES string of the molecule is c1ccc2c(c1)CNC(C1CCc3ccccc3S1)N2. The summed E-state index contributed by atoms with van der Waals surface area (Å²) in [7, 11) is 0. The van der Waals surface area contributed by atoms with E-state index < -0.39 is 0 Å². The van der Waals surface area contributed by atoms with Crippen molar-refractivity contribution < 1.29 is 0 Å². The van der Waals surface area contributed by atoms with Gasteiger partial charge in [-0.25, -0.2) is 0 Å². The number of thioether (sulfide) groups is 1. The maximum atomic E-state index is 3.67. The van der Waals surface area contributed by atoms with Crippen molar-refractivity contribution in [1.82, 2.24) is 5.32 Å². The van der Waals surface area contributed by atoms with E-state index in [4.69, 9.17) is 0 Å².